The van der Waals surface area contributed by atoms with Gasteiger partial charge in [-0.1, -0.05) is 25.1 Å². The zero-order chi connectivity index (χ0) is 19.1. The maximum absolute atomic E-state index is 12.4. The molecule has 6 heteroatoms. The molecule has 1 N–H and O–H groups in total. The van der Waals surface area contributed by atoms with Crippen LogP contribution >= 0.6 is 0 Å². The van der Waals surface area contributed by atoms with E-state index < -0.39 is 0 Å². The minimum Gasteiger partial charge on any atom is -0.483 e. The third kappa shape index (κ3) is 5.45. The van der Waals surface area contributed by atoms with Crippen LogP contribution in [0.1, 0.15) is 57.1 Å². The molecular weight excluding hydrogens is 344 g/mol. The van der Waals surface area contributed by atoms with E-state index in [4.69, 9.17) is 9.47 Å². The molecular formula is C21H30N2O4. The lowest BCUT2D eigenvalue weighted by atomic mass is 10.0. The van der Waals surface area contributed by atoms with E-state index in [0.717, 1.165) is 57.4 Å². The summed E-state index contributed by atoms with van der Waals surface area (Å²) in [6.45, 7) is 4.46. The molecule has 2 amide bonds. The zero-order valence-corrected chi connectivity index (χ0v) is 16.1. The molecule has 0 spiro atoms. The van der Waals surface area contributed by atoms with Crippen LogP contribution in [-0.2, 0) is 14.3 Å². The van der Waals surface area contributed by atoms with Gasteiger partial charge < -0.3 is 19.7 Å². The number of nitrogens with zero attached hydrogens (tertiary/aromatic N) is 1. The van der Waals surface area contributed by atoms with Crippen LogP contribution in [0.15, 0.2) is 24.3 Å². The lowest BCUT2D eigenvalue weighted by Gasteiger charge is -2.22. The van der Waals surface area contributed by atoms with Gasteiger partial charge in [0.05, 0.1) is 18.6 Å². The average molecular weight is 374 g/mol. The minimum atomic E-state index is -0.142. The largest absolute Gasteiger partial charge is 0.483 e. The second kappa shape index (κ2) is 9.74. The van der Waals surface area contributed by atoms with Crippen molar-refractivity contribution in [2.75, 3.05) is 26.3 Å². The summed E-state index contributed by atoms with van der Waals surface area (Å²) >= 11 is 0. The maximum Gasteiger partial charge on any atom is 0.260 e. The van der Waals surface area contributed by atoms with Gasteiger partial charge in [-0.05, 0) is 38.2 Å². The van der Waals surface area contributed by atoms with Gasteiger partial charge in [-0.15, -0.1) is 0 Å². The highest BCUT2D eigenvalue weighted by atomic mass is 16.5. The SMILES string of the molecule is CC[C@H](NC(=O)C[C@@H]1CCCO1)c1ccccc1OCC(=O)N1CCCC1. The van der Waals surface area contributed by atoms with Crippen molar-refractivity contribution in [3.8, 4) is 5.75 Å². The van der Waals surface area contributed by atoms with Crippen LogP contribution in [0.5, 0.6) is 5.75 Å². The molecule has 2 atom stereocenters. The standard InChI is InChI=1S/C21H30N2O4/c1-2-18(22-20(24)14-16-8-7-13-26-16)17-9-3-4-10-19(17)27-15-21(25)23-11-5-6-12-23/h3-4,9-10,16,18H,2,5-8,11-15H2,1H3,(H,22,24)/t16-,18-/m0/s1. The van der Waals surface area contributed by atoms with Crippen molar-refractivity contribution in [1.29, 1.82) is 0 Å². The Kier molecular flexibility index (Phi) is 7.10. The summed E-state index contributed by atoms with van der Waals surface area (Å²) in [6.07, 6.45) is 5.28. The van der Waals surface area contributed by atoms with Crippen LogP contribution < -0.4 is 10.1 Å². The first-order chi connectivity index (χ1) is 13.2. The fourth-order valence-electron chi connectivity index (χ4n) is 3.76. The van der Waals surface area contributed by atoms with Crippen LogP contribution in [0.3, 0.4) is 0 Å². The third-order valence-corrected chi connectivity index (χ3v) is 5.28. The number of nitrogens with one attached hydrogen (secondary N) is 1. The smallest absolute Gasteiger partial charge is 0.260 e. The van der Waals surface area contributed by atoms with Gasteiger partial charge in [-0.3, -0.25) is 9.59 Å². The first-order valence-corrected chi connectivity index (χ1v) is 10.1. The highest BCUT2D eigenvalue weighted by molar-refractivity contribution is 5.78. The summed E-state index contributed by atoms with van der Waals surface area (Å²) in [5.41, 5.74) is 0.912. The molecule has 0 aromatic heterocycles. The van der Waals surface area contributed by atoms with Gasteiger partial charge >= 0.3 is 0 Å². The fraction of sp³-hybridized carbons (Fsp3) is 0.619. The van der Waals surface area contributed by atoms with Crippen molar-refractivity contribution in [1.82, 2.24) is 10.2 Å². The molecule has 0 radical (unpaired) electrons. The van der Waals surface area contributed by atoms with E-state index in [1.54, 1.807) is 0 Å². The Morgan fingerprint density at radius 3 is 2.74 bits per heavy atom. The van der Waals surface area contributed by atoms with Crippen LogP contribution in [-0.4, -0.2) is 49.1 Å². The second-order valence-electron chi connectivity index (χ2n) is 7.28. The molecule has 0 aliphatic carbocycles. The number of likely N-dealkylation sites (tertiary alicyclic amines) is 1. The Bertz CT molecular complexity index is 637. The van der Waals surface area contributed by atoms with Gasteiger partial charge in [0, 0.05) is 25.3 Å². The van der Waals surface area contributed by atoms with E-state index in [9.17, 15) is 9.59 Å². The Balaban J connectivity index is 1.59. The van der Waals surface area contributed by atoms with Gasteiger partial charge in [0.1, 0.15) is 5.75 Å². The summed E-state index contributed by atoms with van der Waals surface area (Å²) in [7, 11) is 0. The van der Waals surface area contributed by atoms with Gasteiger partial charge in [0.2, 0.25) is 5.91 Å². The van der Waals surface area contributed by atoms with Gasteiger partial charge in [-0.2, -0.15) is 0 Å². The molecule has 0 bridgehead atoms. The van der Waals surface area contributed by atoms with E-state index in [0.29, 0.717) is 12.2 Å². The van der Waals surface area contributed by atoms with Crippen LogP contribution in [0.4, 0.5) is 0 Å². The van der Waals surface area contributed by atoms with E-state index in [-0.39, 0.29) is 30.6 Å². The number of amides is 2. The molecule has 148 valence electrons. The highest BCUT2D eigenvalue weighted by Crippen LogP contribution is 2.28. The van der Waals surface area contributed by atoms with Crippen molar-refractivity contribution in [2.24, 2.45) is 0 Å². The molecule has 2 saturated heterocycles. The van der Waals surface area contributed by atoms with E-state index >= 15 is 0 Å². The number of rotatable bonds is 8. The summed E-state index contributed by atoms with van der Waals surface area (Å²) in [5.74, 6) is 0.684. The monoisotopic (exact) mass is 374 g/mol. The molecule has 3 rings (SSSR count). The van der Waals surface area contributed by atoms with Crippen LogP contribution in [0, 0.1) is 0 Å². The zero-order valence-electron chi connectivity index (χ0n) is 16.1. The molecule has 0 unspecified atom stereocenters. The van der Waals surface area contributed by atoms with Crippen LogP contribution in [0.25, 0.3) is 0 Å². The van der Waals surface area contributed by atoms with E-state index in [2.05, 4.69) is 5.32 Å². The molecule has 0 saturated carbocycles. The summed E-state index contributed by atoms with van der Waals surface area (Å²) in [6, 6.07) is 7.49. The van der Waals surface area contributed by atoms with Crippen molar-refractivity contribution in [3.05, 3.63) is 29.8 Å². The van der Waals surface area contributed by atoms with Crippen molar-refractivity contribution in [3.63, 3.8) is 0 Å². The highest BCUT2D eigenvalue weighted by Gasteiger charge is 2.23. The van der Waals surface area contributed by atoms with Crippen molar-refractivity contribution >= 4 is 11.8 Å². The molecule has 1 aromatic carbocycles. The number of ether oxygens (including phenoxy) is 2. The number of hydrogen-bond donors (Lipinski definition) is 1. The number of carbonyl (C=O) groups excluding carboxylic acids is 2. The van der Waals surface area contributed by atoms with Gasteiger partial charge in [0.25, 0.3) is 5.91 Å². The average Bonchev–Trinajstić information content (AvgIpc) is 3.38. The molecule has 27 heavy (non-hydrogen) atoms. The van der Waals surface area contributed by atoms with Gasteiger partial charge in [0.15, 0.2) is 6.61 Å². The van der Waals surface area contributed by atoms with E-state index in [1.807, 2.05) is 36.1 Å². The molecule has 1 aromatic rings. The predicted octanol–water partition coefficient (Wildman–Crippen LogP) is 2.82. The maximum atomic E-state index is 12.4. The Labute approximate surface area is 161 Å². The summed E-state index contributed by atoms with van der Waals surface area (Å²) < 4.78 is 11.4. The summed E-state index contributed by atoms with van der Waals surface area (Å²) in [5, 5.41) is 3.10. The molecule has 2 heterocycles. The number of para-hydroxylation sites is 1. The lowest BCUT2D eigenvalue weighted by molar-refractivity contribution is -0.132. The van der Waals surface area contributed by atoms with Crippen molar-refractivity contribution in [2.45, 2.75) is 57.6 Å². The minimum absolute atomic E-state index is 0.00306. The van der Waals surface area contributed by atoms with Gasteiger partial charge in [-0.25, -0.2) is 0 Å². The Hall–Kier alpha value is -2.08. The third-order valence-electron chi connectivity index (χ3n) is 5.28. The first-order valence-electron chi connectivity index (χ1n) is 10.1. The van der Waals surface area contributed by atoms with Crippen molar-refractivity contribution < 1.29 is 19.1 Å². The molecule has 6 nitrogen and oxygen atoms in total. The van der Waals surface area contributed by atoms with Crippen LogP contribution in [0.2, 0.25) is 0 Å². The quantitative estimate of drug-likeness (QED) is 0.760. The Morgan fingerprint density at radius 1 is 1.26 bits per heavy atom. The molecule has 2 fully saturated rings. The fourth-order valence-corrected chi connectivity index (χ4v) is 3.76. The molecule has 2 aliphatic heterocycles. The number of benzene rings is 1. The first kappa shape index (κ1) is 19.7. The van der Waals surface area contributed by atoms with E-state index in [1.165, 1.54) is 0 Å². The predicted molar refractivity (Wildman–Crippen MR) is 103 cm³/mol. The Morgan fingerprint density at radius 2 is 2.04 bits per heavy atom. The molecule has 2 aliphatic rings. The normalized spacial score (nSPS) is 20.5. The topological polar surface area (TPSA) is 67.9 Å². The number of carbonyl (C=O) groups is 2. The summed E-state index contributed by atoms with van der Waals surface area (Å²) in [4.78, 5) is 26.5. The number of hydrogen-bond acceptors (Lipinski definition) is 4. The lowest BCUT2D eigenvalue weighted by Crippen LogP contribution is -2.33. The second-order valence-corrected chi connectivity index (χ2v) is 7.28.